The van der Waals surface area contributed by atoms with Gasteiger partial charge in [0.15, 0.2) is 22.8 Å². The number of carbonyl (C=O) groups excluding carboxylic acids is 1. The third-order valence-corrected chi connectivity index (χ3v) is 6.27. The van der Waals surface area contributed by atoms with E-state index in [1.807, 2.05) is 7.05 Å². The highest BCUT2D eigenvalue weighted by Crippen LogP contribution is 2.21. The molecule has 0 aliphatic carbocycles. The van der Waals surface area contributed by atoms with Crippen LogP contribution in [-0.2, 0) is 13.6 Å². The molecule has 0 unspecified atom stereocenters. The maximum absolute atomic E-state index is 13.5. The summed E-state index contributed by atoms with van der Waals surface area (Å²) in [6.45, 7) is 2.49. The van der Waals surface area contributed by atoms with Crippen LogP contribution in [0.25, 0.3) is 21.9 Å². The van der Waals surface area contributed by atoms with Crippen molar-refractivity contribution >= 4 is 27.8 Å². The van der Waals surface area contributed by atoms with Gasteiger partial charge in [0.1, 0.15) is 5.58 Å². The fourth-order valence-corrected chi connectivity index (χ4v) is 4.44. The molecule has 0 saturated carbocycles. The molecule has 1 aliphatic rings. The Balaban J connectivity index is 1.21. The lowest BCUT2D eigenvalue weighted by molar-refractivity contribution is 0.0881. The van der Waals surface area contributed by atoms with Gasteiger partial charge in [-0.25, -0.2) is 8.78 Å². The summed E-state index contributed by atoms with van der Waals surface area (Å²) in [6.07, 6.45) is 3.57. The second kappa shape index (κ2) is 8.44. The standard InChI is InChI=1S/C25H23F2N3O3/c1-29-7-4-16-10-15(2-3-21(16)29)14-30-8-5-17(6-9-30)28-25(32)24-13-22(31)18-11-19(26)20(27)12-23(18)33-24/h2-4,7,10-13,17H,5-6,8-9,14H2,1H3,(H,28,32). The molecule has 5 rings (SSSR count). The van der Waals surface area contributed by atoms with E-state index >= 15 is 0 Å². The lowest BCUT2D eigenvalue weighted by Gasteiger charge is -2.32. The summed E-state index contributed by atoms with van der Waals surface area (Å²) in [5.41, 5.74) is 1.70. The number of aromatic nitrogens is 1. The van der Waals surface area contributed by atoms with Gasteiger partial charge in [-0.1, -0.05) is 6.07 Å². The number of aryl methyl sites for hydroxylation is 1. The van der Waals surface area contributed by atoms with E-state index in [1.165, 1.54) is 16.5 Å². The quantitative estimate of drug-likeness (QED) is 0.510. The van der Waals surface area contributed by atoms with Gasteiger partial charge in [0.2, 0.25) is 0 Å². The van der Waals surface area contributed by atoms with Gasteiger partial charge in [0.25, 0.3) is 5.91 Å². The van der Waals surface area contributed by atoms with E-state index < -0.39 is 23.0 Å². The molecule has 1 N–H and O–H groups in total. The molecule has 170 valence electrons. The molecule has 6 nitrogen and oxygen atoms in total. The minimum Gasteiger partial charge on any atom is -0.451 e. The van der Waals surface area contributed by atoms with Crippen molar-refractivity contribution < 1.29 is 18.0 Å². The minimum atomic E-state index is -1.14. The smallest absolute Gasteiger partial charge is 0.287 e. The first-order valence-electron chi connectivity index (χ1n) is 10.9. The van der Waals surface area contributed by atoms with Crippen LogP contribution in [0.2, 0.25) is 0 Å². The van der Waals surface area contributed by atoms with Gasteiger partial charge >= 0.3 is 0 Å². The number of nitrogens with zero attached hydrogens (tertiary/aromatic N) is 2. The number of piperidine rings is 1. The lowest BCUT2D eigenvalue weighted by atomic mass is 10.0. The fraction of sp³-hybridized carbons (Fsp3) is 0.280. The fourth-order valence-electron chi connectivity index (χ4n) is 4.44. The van der Waals surface area contributed by atoms with Gasteiger partial charge in [-0.05, 0) is 48.1 Å². The van der Waals surface area contributed by atoms with Crippen LogP contribution in [0.5, 0.6) is 0 Å². The number of carbonyl (C=O) groups is 1. The zero-order valence-corrected chi connectivity index (χ0v) is 18.1. The Kier molecular flexibility index (Phi) is 5.46. The Labute approximate surface area is 188 Å². The highest BCUT2D eigenvalue weighted by Gasteiger charge is 2.23. The minimum absolute atomic E-state index is 0.0590. The number of fused-ring (bicyclic) bond motifs is 2. The molecule has 0 atom stereocenters. The number of hydrogen-bond acceptors (Lipinski definition) is 4. The molecule has 0 spiro atoms. The average Bonchev–Trinajstić information content (AvgIpc) is 3.16. The summed E-state index contributed by atoms with van der Waals surface area (Å²) in [5.74, 6) is -3.02. The van der Waals surface area contributed by atoms with Crippen LogP contribution in [0.3, 0.4) is 0 Å². The van der Waals surface area contributed by atoms with Crippen LogP contribution in [0.1, 0.15) is 29.0 Å². The molecule has 2 aromatic heterocycles. The average molecular weight is 451 g/mol. The number of rotatable bonds is 4. The maximum Gasteiger partial charge on any atom is 0.287 e. The van der Waals surface area contributed by atoms with Gasteiger partial charge in [0, 0.05) is 56.6 Å². The molecular weight excluding hydrogens is 428 g/mol. The zero-order chi connectivity index (χ0) is 23.1. The Bertz CT molecular complexity index is 1420. The van der Waals surface area contributed by atoms with Crippen molar-refractivity contribution in [3.63, 3.8) is 0 Å². The summed E-state index contributed by atoms with van der Waals surface area (Å²) in [5, 5.41) is 4.01. The van der Waals surface area contributed by atoms with Gasteiger partial charge in [-0.2, -0.15) is 0 Å². The highest BCUT2D eigenvalue weighted by atomic mass is 19.2. The van der Waals surface area contributed by atoms with Crippen LogP contribution in [0.15, 0.2) is 57.9 Å². The molecule has 3 heterocycles. The monoisotopic (exact) mass is 451 g/mol. The van der Waals surface area contributed by atoms with Crippen LogP contribution in [0.4, 0.5) is 8.78 Å². The molecule has 1 saturated heterocycles. The second-order valence-electron chi connectivity index (χ2n) is 8.58. The summed E-state index contributed by atoms with van der Waals surface area (Å²) in [6, 6.07) is 11.1. The Morgan fingerprint density at radius 3 is 2.64 bits per heavy atom. The molecule has 1 aliphatic heterocycles. The van der Waals surface area contributed by atoms with E-state index in [2.05, 4.69) is 45.2 Å². The normalized spacial score (nSPS) is 15.4. The molecule has 0 bridgehead atoms. The molecule has 8 heteroatoms. The summed E-state index contributed by atoms with van der Waals surface area (Å²) < 4.78 is 34.4. The Morgan fingerprint density at radius 1 is 1.09 bits per heavy atom. The molecule has 4 aromatic rings. The predicted molar refractivity (Wildman–Crippen MR) is 121 cm³/mol. The van der Waals surface area contributed by atoms with E-state index in [0.29, 0.717) is 0 Å². The molecular formula is C25H23F2N3O3. The van der Waals surface area contributed by atoms with E-state index in [4.69, 9.17) is 4.42 Å². The van der Waals surface area contributed by atoms with Crippen molar-refractivity contribution in [1.29, 1.82) is 0 Å². The van der Waals surface area contributed by atoms with Crippen molar-refractivity contribution in [1.82, 2.24) is 14.8 Å². The largest absolute Gasteiger partial charge is 0.451 e. The first-order chi connectivity index (χ1) is 15.9. The molecule has 1 amide bonds. The lowest BCUT2D eigenvalue weighted by Crippen LogP contribution is -2.44. The summed E-state index contributed by atoms with van der Waals surface area (Å²) >= 11 is 0. The van der Waals surface area contributed by atoms with E-state index in [0.717, 1.165) is 50.7 Å². The third-order valence-electron chi connectivity index (χ3n) is 6.27. The number of halogens is 2. The summed E-state index contributed by atoms with van der Waals surface area (Å²) in [7, 11) is 2.03. The number of likely N-dealkylation sites (tertiary alicyclic amines) is 1. The van der Waals surface area contributed by atoms with Gasteiger partial charge in [0.05, 0.1) is 5.39 Å². The Morgan fingerprint density at radius 2 is 1.85 bits per heavy atom. The SMILES string of the molecule is Cn1ccc2cc(CN3CCC(NC(=O)c4cc(=O)c5cc(F)c(F)cc5o4)CC3)ccc21. The van der Waals surface area contributed by atoms with Crippen molar-refractivity contribution in [2.75, 3.05) is 13.1 Å². The number of nitrogens with one attached hydrogen (secondary N) is 1. The Hall–Kier alpha value is -3.52. The third kappa shape index (κ3) is 4.26. The van der Waals surface area contributed by atoms with Crippen molar-refractivity contribution in [3.8, 4) is 0 Å². The van der Waals surface area contributed by atoms with Crippen LogP contribution < -0.4 is 10.7 Å². The van der Waals surface area contributed by atoms with Crippen LogP contribution >= 0.6 is 0 Å². The van der Waals surface area contributed by atoms with Crippen molar-refractivity contribution in [2.24, 2.45) is 7.05 Å². The number of benzene rings is 2. The van der Waals surface area contributed by atoms with Crippen LogP contribution in [0, 0.1) is 11.6 Å². The van der Waals surface area contributed by atoms with Crippen molar-refractivity contribution in [3.05, 3.63) is 81.8 Å². The van der Waals surface area contributed by atoms with Gasteiger partial charge in [-0.15, -0.1) is 0 Å². The number of hydrogen-bond donors (Lipinski definition) is 1. The van der Waals surface area contributed by atoms with Gasteiger partial charge < -0.3 is 14.3 Å². The maximum atomic E-state index is 13.5. The summed E-state index contributed by atoms with van der Waals surface area (Å²) in [4.78, 5) is 27.2. The topological polar surface area (TPSA) is 67.5 Å². The molecule has 33 heavy (non-hydrogen) atoms. The predicted octanol–water partition coefficient (Wildman–Crippen LogP) is 3.96. The second-order valence-corrected chi connectivity index (χ2v) is 8.58. The van der Waals surface area contributed by atoms with E-state index in [1.54, 1.807) is 0 Å². The van der Waals surface area contributed by atoms with E-state index in [-0.39, 0.29) is 22.8 Å². The van der Waals surface area contributed by atoms with E-state index in [9.17, 15) is 18.4 Å². The van der Waals surface area contributed by atoms with Crippen LogP contribution in [-0.4, -0.2) is 34.5 Å². The first kappa shape index (κ1) is 21.3. The highest BCUT2D eigenvalue weighted by molar-refractivity contribution is 5.93. The van der Waals surface area contributed by atoms with Gasteiger partial charge in [-0.3, -0.25) is 14.5 Å². The molecule has 1 fully saturated rings. The molecule has 2 aromatic carbocycles. The number of amides is 1. The van der Waals surface area contributed by atoms with Crippen molar-refractivity contribution in [2.45, 2.75) is 25.4 Å². The first-order valence-corrected chi connectivity index (χ1v) is 10.9. The molecule has 0 radical (unpaired) electrons. The zero-order valence-electron chi connectivity index (χ0n) is 18.1.